The zero-order valence-corrected chi connectivity index (χ0v) is 8.23. The first-order valence-electron chi connectivity index (χ1n) is 3.89. The van der Waals surface area contributed by atoms with Crippen molar-refractivity contribution in [2.75, 3.05) is 0 Å². The lowest BCUT2D eigenvalue weighted by Gasteiger charge is -2.14. The molecule has 68 valence electrons. The van der Waals surface area contributed by atoms with E-state index in [1.807, 2.05) is 24.5 Å². The molecule has 0 atom stereocenters. The fourth-order valence-corrected chi connectivity index (χ4v) is 1.77. The minimum atomic E-state index is 0.0600. The van der Waals surface area contributed by atoms with Crippen LogP contribution < -0.4 is 10.6 Å². The van der Waals surface area contributed by atoms with Crippen LogP contribution in [0.1, 0.15) is 11.7 Å². The fraction of sp³-hybridized carbons (Fsp3) is 0.111. The van der Waals surface area contributed by atoms with Gasteiger partial charge in [-0.05, 0) is 12.1 Å². The molecule has 0 aromatic heterocycles. The number of hydrogen-bond donors (Lipinski definition) is 2. The molecule has 1 aliphatic rings. The maximum atomic E-state index is 6.02. The Hall–Kier alpha value is -0.860. The molecule has 0 saturated carbocycles. The molecule has 1 aliphatic heterocycles. The number of benzene rings is 1. The summed E-state index contributed by atoms with van der Waals surface area (Å²) in [5.74, 6) is 0. The van der Waals surface area contributed by atoms with E-state index in [0.29, 0.717) is 10.0 Å². The minimum absolute atomic E-state index is 0.0600. The van der Waals surface area contributed by atoms with E-state index in [2.05, 4.69) is 10.6 Å². The standard InChI is InChI=1S/C9H8Cl2N2/c10-6-1-2-7(8(11)5-6)9-12-3-4-13-9/h1-5,9,12-13H. The topological polar surface area (TPSA) is 24.1 Å². The highest BCUT2D eigenvalue weighted by atomic mass is 35.5. The Balaban J connectivity index is 2.30. The molecule has 2 N–H and O–H groups in total. The van der Waals surface area contributed by atoms with Crippen LogP contribution in [0.25, 0.3) is 0 Å². The first-order valence-corrected chi connectivity index (χ1v) is 4.65. The van der Waals surface area contributed by atoms with Gasteiger partial charge in [0.2, 0.25) is 0 Å². The van der Waals surface area contributed by atoms with Crippen molar-refractivity contribution in [2.24, 2.45) is 0 Å². The van der Waals surface area contributed by atoms with Gasteiger partial charge in [-0.25, -0.2) is 0 Å². The summed E-state index contributed by atoms with van der Waals surface area (Å²) >= 11 is 11.8. The normalized spacial score (nSPS) is 15.5. The van der Waals surface area contributed by atoms with Crippen molar-refractivity contribution in [3.8, 4) is 0 Å². The Morgan fingerprint density at radius 1 is 1.08 bits per heavy atom. The van der Waals surface area contributed by atoms with Crippen LogP contribution in [-0.2, 0) is 0 Å². The Labute approximate surface area is 86.5 Å². The fourth-order valence-electron chi connectivity index (χ4n) is 1.25. The van der Waals surface area contributed by atoms with Gasteiger partial charge in [-0.3, -0.25) is 0 Å². The summed E-state index contributed by atoms with van der Waals surface area (Å²) in [6, 6.07) is 5.47. The van der Waals surface area contributed by atoms with Gasteiger partial charge in [0.1, 0.15) is 6.17 Å². The Morgan fingerprint density at radius 2 is 1.77 bits per heavy atom. The van der Waals surface area contributed by atoms with E-state index in [1.54, 1.807) is 6.07 Å². The second kappa shape index (κ2) is 3.48. The maximum absolute atomic E-state index is 6.02. The van der Waals surface area contributed by atoms with Gasteiger partial charge < -0.3 is 10.6 Å². The number of halogens is 2. The largest absolute Gasteiger partial charge is 0.366 e. The third-order valence-corrected chi connectivity index (χ3v) is 2.45. The Morgan fingerprint density at radius 3 is 2.38 bits per heavy atom. The average Bonchev–Trinajstić information content (AvgIpc) is 2.56. The van der Waals surface area contributed by atoms with Crippen molar-refractivity contribution in [3.05, 3.63) is 46.2 Å². The molecule has 0 bridgehead atoms. The predicted octanol–water partition coefficient (Wildman–Crippen LogP) is 2.66. The second-order valence-corrected chi connectivity index (χ2v) is 3.61. The highest BCUT2D eigenvalue weighted by molar-refractivity contribution is 6.35. The van der Waals surface area contributed by atoms with Gasteiger partial charge in [0.05, 0.1) is 0 Å². The highest BCUT2D eigenvalue weighted by Crippen LogP contribution is 2.25. The van der Waals surface area contributed by atoms with Crippen LogP contribution in [0.2, 0.25) is 10.0 Å². The van der Waals surface area contributed by atoms with E-state index in [1.165, 1.54) is 0 Å². The molecule has 4 heteroatoms. The molecule has 0 radical (unpaired) electrons. The predicted molar refractivity (Wildman–Crippen MR) is 54.6 cm³/mol. The minimum Gasteiger partial charge on any atom is -0.366 e. The smallest absolute Gasteiger partial charge is 0.124 e. The van der Waals surface area contributed by atoms with E-state index in [4.69, 9.17) is 23.2 Å². The molecular formula is C9H8Cl2N2. The number of rotatable bonds is 1. The first-order chi connectivity index (χ1) is 6.27. The van der Waals surface area contributed by atoms with Crippen LogP contribution in [0, 0.1) is 0 Å². The molecule has 0 aliphatic carbocycles. The van der Waals surface area contributed by atoms with Crippen LogP contribution in [0.15, 0.2) is 30.6 Å². The number of hydrogen-bond acceptors (Lipinski definition) is 2. The molecule has 1 aromatic carbocycles. The Kier molecular flexibility index (Phi) is 2.34. The van der Waals surface area contributed by atoms with Crippen LogP contribution in [0.5, 0.6) is 0 Å². The van der Waals surface area contributed by atoms with E-state index >= 15 is 0 Å². The van der Waals surface area contributed by atoms with Crippen molar-refractivity contribution in [3.63, 3.8) is 0 Å². The zero-order valence-electron chi connectivity index (χ0n) is 6.72. The van der Waals surface area contributed by atoms with Crippen molar-refractivity contribution in [1.82, 2.24) is 10.6 Å². The lowest BCUT2D eigenvalue weighted by molar-refractivity contribution is 0.608. The molecule has 2 nitrogen and oxygen atoms in total. The van der Waals surface area contributed by atoms with Gasteiger partial charge in [0.25, 0.3) is 0 Å². The van der Waals surface area contributed by atoms with Crippen LogP contribution >= 0.6 is 23.2 Å². The summed E-state index contributed by atoms with van der Waals surface area (Å²) in [5, 5.41) is 7.55. The van der Waals surface area contributed by atoms with Crippen molar-refractivity contribution in [1.29, 1.82) is 0 Å². The second-order valence-electron chi connectivity index (χ2n) is 2.77. The summed E-state index contributed by atoms with van der Waals surface area (Å²) in [7, 11) is 0. The van der Waals surface area contributed by atoms with Gasteiger partial charge in [0.15, 0.2) is 0 Å². The molecule has 0 saturated heterocycles. The third-order valence-electron chi connectivity index (χ3n) is 1.88. The van der Waals surface area contributed by atoms with Crippen LogP contribution in [-0.4, -0.2) is 0 Å². The quantitative estimate of drug-likeness (QED) is 0.752. The van der Waals surface area contributed by atoms with Crippen LogP contribution in [0.3, 0.4) is 0 Å². The first kappa shape index (κ1) is 8.73. The summed E-state index contributed by atoms with van der Waals surface area (Å²) in [6.07, 6.45) is 3.75. The monoisotopic (exact) mass is 214 g/mol. The van der Waals surface area contributed by atoms with E-state index in [0.717, 1.165) is 5.56 Å². The van der Waals surface area contributed by atoms with Gasteiger partial charge in [-0.1, -0.05) is 29.3 Å². The van der Waals surface area contributed by atoms with E-state index in [-0.39, 0.29) is 6.17 Å². The van der Waals surface area contributed by atoms with Crippen molar-refractivity contribution < 1.29 is 0 Å². The molecular weight excluding hydrogens is 207 g/mol. The summed E-state index contributed by atoms with van der Waals surface area (Å²) in [5.41, 5.74) is 0.996. The molecule has 2 rings (SSSR count). The van der Waals surface area contributed by atoms with Crippen molar-refractivity contribution >= 4 is 23.2 Å². The summed E-state index contributed by atoms with van der Waals surface area (Å²) in [4.78, 5) is 0. The van der Waals surface area contributed by atoms with E-state index < -0.39 is 0 Å². The highest BCUT2D eigenvalue weighted by Gasteiger charge is 2.13. The van der Waals surface area contributed by atoms with Gasteiger partial charge in [0, 0.05) is 28.0 Å². The van der Waals surface area contributed by atoms with Crippen LogP contribution in [0.4, 0.5) is 0 Å². The van der Waals surface area contributed by atoms with Gasteiger partial charge in [-0.15, -0.1) is 0 Å². The lowest BCUT2D eigenvalue weighted by atomic mass is 10.2. The Bertz CT molecular complexity index is 341. The van der Waals surface area contributed by atoms with Gasteiger partial charge >= 0.3 is 0 Å². The molecule has 13 heavy (non-hydrogen) atoms. The molecule has 1 heterocycles. The average molecular weight is 215 g/mol. The molecule has 0 spiro atoms. The maximum Gasteiger partial charge on any atom is 0.124 e. The third kappa shape index (κ3) is 1.74. The van der Waals surface area contributed by atoms with E-state index in [9.17, 15) is 0 Å². The van der Waals surface area contributed by atoms with Crippen molar-refractivity contribution in [2.45, 2.75) is 6.17 Å². The molecule has 1 aromatic rings. The number of nitrogens with one attached hydrogen (secondary N) is 2. The zero-order chi connectivity index (χ0) is 9.26. The summed E-state index contributed by atoms with van der Waals surface area (Å²) < 4.78 is 0. The van der Waals surface area contributed by atoms with Gasteiger partial charge in [-0.2, -0.15) is 0 Å². The summed E-state index contributed by atoms with van der Waals surface area (Å²) in [6.45, 7) is 0. The molecule has 0 amide bonds. The molecule has 0 fully saturated rings. The molecule has 0 unspecified atom stereocenters. The SMILES string of the molecule is Clc1ccc(C2NC=CN2)c(Cl)c1. The lowest BCUT2D eigenvalue weighted by Crippen LogP contribution is -2.21.